The van der Waals surface area contributed by atoms with Crippen LogP contribution in [0.4, 0.5) is 17.1 Å². The molecular formula is C66H59N. The van der Waals surface area contributed by atoms with Crippen molar-refractivity contribution in [2.24, 2.45) is 17.8 Å². The molecule has 8 aromatic rings. The summed E-state index contributed by atoms with van der Waals surface area (Å²) in [6, 6.07) is 68.7. The van der Waals surface area contributed by atoms with Gasteiger partial charge in [-0.15, -0.1) is 0 Å². The summed E-state index contributed by atoms with van der Waals surface area (Å²) >= 11 is 0. The Kier molecular flexibility index (Phi) is 8.19. The summed E-state index contributed by atoms with van der Waals surface area (Å²) in [6.45, 7) is 11.9. The first-order chi connectivity index (χ1) is 32.5. The van der Waals surface area contributed by atoms with E-state index in [-0.39, 0.29) is 10.8 Å². The molecule has 4 saturated carbocycles. The summed E-state index contributed by atoms with van der Waals surface area (Å²) in [4.78, 5) is 2.64. The fourth-order valence-electron chi connectivity index (χ4n) is 15.5. The first-order valence-electron chi connectivity index (χ1n) is 25.3. The fourth-order valence-corrected chi connectivity index (χ4v) is 15.5. The standard InChI is InChI=1S/C66H59N/c1-63(2,3)46-29-31-52-49-16-7-11-21-56(49)66(58(52)36-46)57-22-12-8-17-50(57)53-32-30-47(37-59(53)66)67(61-24-14-19-54-51-18-6-10-20-55(51)64(4,5)62(54)61)60-23-13-9-15-48(60)44-25-27-45(28-26-44)65-38-41-33-42(39-65)35-43(34-41)40-65/h6-32,36-37,41-43H,33-35,38-40H2,1-5H3. The number of anilines is 3. The quantitative estimate of drug-likeness (QED) is 0.167. The van der Waals surface area contributed by atoms with Gasteiger partial charge in [0.05, 0.1) is 16.8 Å². The van der Waals surface area contributed by atoms with Crippen LogP contribution in [-0.2, 0) is 21.7 Å². The highest BCUT2D eigenvalue weighted by molar-refractivity contribution is 5.99. The van der Waals surface area contributed by atoms with E-state index in [1.165, 1.54) is 139 Å². The molecule has 8 aromatic carbocycles. The van der Waals surface area contributed by atoms with Gasteiger partial charge in [-0.05, 0) is 175 Å². The van der Waals surface area contributed by atoms with E-state index in [1.807, 2.05) is 0 Å². The van der Waals surface area contributed by atoms with Crippen LogP contribution in [0.25, 0.3) is 44.5 Å². The van der Waals surface area contributed by atoms with E-state index in [4.69, 9.17) is 0 Å². The molecule has 0 aromatic heterocycles. The molecule has 0 aliphatic heterocycles. The molecule has 15 rings (SSSR count). The average molecular weight is 866 g/mol. The van der Waals surface area contributed by atoms with Crippen LogP contribution < -0.4 is 4.90 Å². The van der Waals surface area contributed by atoms with E-state index in [0.29, 0.717) is 5.41 Å². The molecule has 1 spiro atoms. The summed E-state index contributed by atoms with van der Waals surface area (Å²) in [5, 5.41) is 0. The fraction of sp³-hybridized carbons (Fsp3) is 0.273. The van der Waals surface area contributed by atoms with Crippen molar-refractivity contribution in [1.82, 2.24) is 0 Å². The Balaban J connectivity index is 1.00. The van der Waals surface area contributed by atoms with Crippen molar-refractivity contribution in [2.75, 3.05) is 4.90 Å². The molecule has 1 heteroatoms. The third-order valence-corrected chi connectivity index (χ3v) is 18.0. The minimum Gasteiger partial charge on any atom is -0.310 e. The van der Waals surface area contributed by atoms with Crippen molar-refractivity contribution in [1.29, 1.82) is 0 Å². The zero-order chi connectivity index (χ0) is 45.0. The maximum atomic E-state index is 2.64. The summed E-state index contributed by atoms with van der Waals surface area (Å²) in [6.07, 6.45) is 8.57. The predicted octanol–water partition coefficient (Wildman–Crippen LogP) is 17.2. The Morgan fingerprint density at radius 1 is 0.433 bits per heavy atom. The number of hydrogen-bond acceptors (Lipinski definition) is 1. The molecule has 0 heterocycles. The van der Waals surface area contributed by atoms with Crippen molar-refractivity contribution < 1.29 is 0 Å². The number of nitrogens with zero attached hydrogens (tertiary/aromatic N) is 1. The minimum absolute atomic E-state index is 0.000182. The van der Waals surface area contributed by atoms with Crippen LogP contribution in [-0.4, -0.2) is 0 Å². The van der Waals surface area contributed by atoms with Crippen molar-refractivity contribution >= 4 is 17.1 Å². The molecule has 0 N–H and O–H groups in total. The molecule has 4 bridgehead atoms. The number of para-hydroxylation sites is 1. The van der Waals surface area contributed by atoms with E-state index in [9.17, 15) is 0 Å². The lowest BCUT2D eigenvalue weighted by molar-refractivity contribution is -0.00518. The SMILES string of the molecule is CC(C)(C)c1ccc2c(c1)C1(c3ccccc3-c3ccc(N(c4ccccc4-c4ccc(C56CC7CC(CC(C7)C5)C6)cc4)c4cccc5c4C(C)(C)c4ccccc4-5)cc31)c1ccccc1-2. The lowest BCUT2D eigenvalue weighted by atomic mass is 9.48. The van der Waals surface area contributed by atoms with Gasteiger partial charge in [0.1, 0.15) is 0 Å². The topological polar surface area (TPSA) is 3.24 Å². The number of fused-ring (bicyclic) bond motifs is 13. The van der Waals surface area contributed by atoms with Crippen LogP contribution in [0.1, 0.15) is 118 Å². The van der Waals surface area contributed by atoms with E-state index in [0.717, 1.165) is 17.8 Å². The van der Waals surface area contributed by atoms with Gasteiger partial charge < -0.3 is 4.90 Å². The van der Waals surface area contributed by atoms with Crippen LogP contribution in [0.15, 0.2) is 176 Å². The molecule has 4 fully saturated rings. The lowest BCUT2D eigenvalue weighted by Crippen LogP contribution is -2.48. The molecule has 1 unspecified atom stereocenters. The van der Waals surface area contributed by atoms with Gasteiger partial charge in [-0.25, -0.2) is 0 Å². The second kappa shape index (κ2) is 13.8. The summed E-state index contributed by atoms with van der Waals surface area (Å²) in [7, 11) is 0. The molecule has 7 aliphatic carbocycles. The predicted molar refractivity (Wildman–Crippen MR) is 279 cm³/mol. The Bertz CT molecular complexity index is 3310. The average Bonchev–Trinajstić information content (AvgIpc) is 3.89. The van der Waals surface area contributed by atoms with Crippen LogP contribution in [0, 0.1) is 17.8 Å². The Morgan fingerprint density at radius 3 is 1.55 bits per heavy atom. The van der Waals surface area contributed by atoms with Crippen molar-refractivity contribution in [2.45, 2.75) is 94.8 Å². The zero-order valence-electron chi connectivity index (χ0n) is 39.7. The minimum atomic E-state index is -0.471. The molecule has 0 amide bonds. The summed E-state index contributed by atoms with van der Waals surface area (Å²) < 4.78 is 0. The monoisotopic (exact) mass is 865 g/mol. The first-order valence-corrected chi connectivity index (χ1v) is 25.3. The van der Waals surface area contributed by atoms with Gasteiger partial charge in [-0.1, -0.05) is 186 Å². The van der Waals surface area contributed by atoms with E-state index in [2.05, 4.69) is 215 Å². The van der Waals surface area contributed by atoms with Gasteiger partial charge in [0.25, 0.3) is 0 Å². The van der Waals surface area contributed by atoms with E-state index < -0.39 is 5.41 Å². The number of hydrogen-bond donors (Lipinski definition) is 0. The summed E-state index contributed by atoms with van der Waals surface area (Å²) in [5.74, 6) is 2.78. The normalized spacial score (nSPS) is 23.9. The van der Waals surface area contributed by atoms with Crippen LogP contribution in [0.2, 0.25) is 0 Å². The third-order valence-electron chi connectivity index (χ3n) is 18.0. The number of benzene rings is 8. The van der Waals surface area contributed by atoms with Gasteiger partial charge in [0.15, 0.2) is 0 Å². The van der Waals surface area contributed by atoms with Gasteiger partial charge >= 0.3 is 0 Å². The van der Waals surface area contributed by atoms with Crippen LogP contribution in [0.5, 0.6) is 0 Å². The molecule has 1 nitrogen and oxygen atoms in total. The van der Waals surface area contributed by atoms with Crippen LogP contribution in [0.3, 0.4) is 0 Å². The highest BCUT2D eigenvalue weighted by Gasteiger charge is 2.53. The molecule has 328 valence electrons. The first kappa shape index (κ1) is 39.7. The van der Waals surface area contributed by atoms with Crippen molar-refractivity contribution in [3.05, 3.63) is 220 Å². The van der Waals surface area contributed by atoms with Gasteiger partial charge in [0, 0.05) is 16.7 Å². The van der Waals surface area contributed by atoms with E-state index in [1.54, 1.807) is 5.56 Å². The van der Waals surface area contributed by atoms with Gasteiger partial charge in [-0.3, -0.25) is 0 Å². The molecule has 1 atom stereocenters. The Labute approximate surface area is 397 Å². The smallest absolute Gasteiger partial charge is 0.0726 e. The van der Waals surface area contributed by atoms with Gasteiger partial charge in [0.2, 0.25) is 0 Å². The van der Waals surface area contributed by atoms with Crippen LogP contribution >= 0.6 is 0 Å². The second-order valence-electron chi connectivity index (χ2n) is 23.1. The summed E-state index contributed by atoms with van der Waals surface area (Å²) in [5.41, 5.74) is 25.1. The Morgan fingerprint density at radius 2 is 0.925 bits per heavy atom. The zero-order valence-corrected chi connectivity index (χ0v) is 39.7. The highest BCUT2D eigenvalue weighted by atomic mass is 15.1. The highest BCUT2D eigenvalue weighted by Crippen LogP contribution is 2.65. The van der Waals surface area contributed by atoms with Crippen molar-refractivity contribution in [3.63, 3.8) is 0 Å². The Hall–Kier alpha value is -6.44. The largest absolute Gasteiger partial charge is 0.310 e. The van der Waals surface area contributed by atoms with Crippen molar-refractivity contribution in [3.8, 4) is 44.5 Å². The third kappa shape index (κ3) is 5.43. The molecule has 0 radical (unpaired) electrons. The molecule has 7 aliphatic rings. The second-order valence-corrected chi connectivity index (χ2v) is 23.1. The molecular weight excluding hydrogens is 807 g/mol. The number of rotatable bonds is 5. The molecule has 0 saturated heterocycles. The maximum Gasteiger partial charge on any atom is 0.0726 e. The van der Waals surface area contributed by atoms with Gasteiger partial charge in [-0.2, -0.15) is 0 Å². The molecule has 67 heavy (non-hydrogen) atoms. The maximum absolute atomic E-state index is 2.64. The lowest BCUT2D eigenvalue weighted by Gasteiger charge is -2.57. The van der Waals surface area contributed by atoms with E-state index >= 15 is 0 Å².